The number of aliphatic carboxylic acids is 1. The Hall–Kier alpha value is -2.76. The van der Waals surface area contributed by atoms with E-state index < -0.39 is 115 Å². The molecule has 20 nitrogen and oxygen atoms in total. The van der Waals surface area contributed by atoms with Crippen LogP contribution < -0.4 is 11.1 Å². The van der Waals surface area contributed by atoms with Gasteiger partial charge in [-0.15, -0.1) is 0 Å². The van der Waals surface area contributed by atoms with E-state index >= 15 is 0 Å². The Morgan fingerprint density at radius 2 is 1.29 bits per heavy atom. The molecule has 75 heavy (non-hydrogen) atoms. The third kappa shape index (κ3) is 26.6. The number of esters is 2. The van der Waals surface area contributed by atoms with E-state index in [0.29, 0.717) is 38.1 Å². The second-order valence-corrected chi connectivity index (χ2v) is 22.9. The summed E-state index contributed by atoms with van der Waals surface area (Å²) < 4.78 is 17.7. The molecule has 2 fully saturated rings. The van der Waals surface area contributed by atoms with Crippen molar-refractivity contribution in [1.29, 1.82) is 0 Å². The van der Waals surface area contributed by atoms with Crippen LogP contribution in [-0.2, 0) is 28.6 Å². The number of guanidine groups is 1. The predicted octanol–water partition coefficient (Wildman–Crippen LogP) is 3.96. The van der Waals surface area contributed by atoms with Crippen LogP contribution in [0.1, 0.15) is 196 Å². The van der Waals surface area contributed by atoms with E-state index in [9.17, 15) is 70.6 Å². The second-order valence-electron chi connectivity index (χ2n) is 22.9. The molecule has 20 heteroatoms. The molecule has 2 heterocycles. The highest BCUT2D eigenvalue weighted by Gasteiger charge is 2.50. The van der Waals surface area contributed by atoms with Gasteiger partial charge in [0.1, 0.15) is 24.7 Å². The summed E-state index contributed by atoms with van der Waals surface area (Å²) in [7, 11) is 1.65. The van der Waals surface area contributed by atoms with Crippen LogP contribution in [0.5, 0.6) is 0 Å². The van der Waals surface area contributed by atoms with Crippen LogP contribution in [0, 0.1) is 35.5 Å². The highest BCUT2D eigenvalue weighted by Crippen LogP contribution is 2.36. The number of aliphatic imine (C=N–C) groups is 1. The summed E-state index contributed by atoms with van der Waals surface area (Å²) in [6.45, 7) is 12.1. The number of carboxylic acid groups (broad SMARTS) is 1. The number of unbranched alkanes of at least 4 members (excludes halogenated alkanes) is 5. The first-order valence-electron chi connectivity index (χ1n) is 28.4. The van der Waals surface area contributed by atoms with Crippen molar-refractivity contribution in [2.45, 2.75) is 275 Å². The summed E-state index contributed by atoms with van der Waals surface area (Å²) in [6, 6.07) is 0. The third-order valence-electron chi connectivity index (χ3n) is 16.0. The van der Waals surface area contributed by atoms with Crippen molar-refractivity contribution in [3.05, 3.63) is 0 Å². The molecule has 2 aliphatic rings. The van der Waals surface area contributed by atoms with Crippen molar-refractivity contribution < 1.29 is 84.8 Å². The molecule has 19 atom stereocenters. The van der Waals surface area contributed by atoms with E-state index in [0.717, 1.165) is 64.3 Å². The molecule has 2 rings (SSSR count). The summed E-state index contributed by atoms with van der Waals surface area (Å²) >= 11 is 0. The molecule has 14 N–H and O–H groups in total. The van der Waals surface area contributed by atoms with E-state index in [1.165, 1.54) is 0 Å². The molecule has 0 aliphatic carbocycles. The highest BCUT2D eigenvalue weighted by molar-refractivity contribution is 5.90. The maximum absolute atomic E-state index is 13.7. The minimum Gasteiger partial charge on any atom is -0.481 e. The quantitative estimate of drug-likeness (QED) is 0.0408. The number of aliphatic hydroxyl groups is 10. The van der Waals surface area contributed by atoms with Crippen LogP contribution in [0.25, 0.3) is 0 Å². The number of nitrogens with zero attached hydrogens (tertiary/aromatic N) is 1. The number of cyclic esters (lactones) is 1. The van der Waals surface area contributed by atoms with Crippen molar-refractivity contribution >= 4 is 23.9 Å². The number of carbonyl (C=O) groups excluding carboxylic acids is 2. The van der Waals surface area contributed by atoms with Gasteiger partial charge in [0.15, 0.2) is 11.7 Å². The maximum atomic E-state index is 13.7. The fourth-order valence-electron chi connectivity index (χ4n) is 10.7. The Labute approximate surface area is 447 Å². The van der Waals surface area contributed by atoms with Crippen LogP contribution in [0.15, 0.2) is 4.99 Å². The Kier molecular flexibility index (Phi) is 32.5. The molecule has 2 aliphatic heterocycles. The smallest absolute Gasteiger partial charge is 0.317 e. The fourth-order valence-corrected chi connectivity index (χ4v) is 10.7. The zero-order chi connectivity index (χ0) is 56.4. The molecule has 2 saturated heterocycles. The summed E-state index contributed by atoms with van der Waals surface area (Å²) in [5.74, 6) is -6.66. The van der Waals surface area contributed by atoms with Gasteiger partial charge in [0.25, 0.3) is 0 Å². The predicted molar refractivity (Wildman–Crippen MR) is 283 cm³/mol. The summed E-state index contributed by atoms with van der Waals surface area (Å²) in [4.78, 5) is 41.5. The first kappa shape index (κ1) is 68.3. The number of fused-ring (bicyclic) bond motifs is 2. The van der Waals surface area contributed by atoms with Crippen LogP contribution >= 0.6 is 0 Å². The summed E-state index contributed by atoms with van der Waals surface area (Å²) in [5, 5.41) is 123. The molecule has 0 amide bonds. The monoisotopic (exact) mass is 1080 g/mol. The van der Waals surface area contributed by atoms with E-state index in [2.05, 4.69) is 24.2 Å². The van der Waals surface area contributed by atoms with E-state index in [4.69, 9.17) is 19.9 Å². The SMILES string of the molecule is CN=C(N)NCCCCCCCCC(C)[C@@H]1OC(=O)C(C)CCC[C@@H](C)[C@H](O)C[C@H](O)[C@H](C)[C@@H](O)CC[C@H](C)[C@H](O)CC2(O)O[C@@H](C[C@H](OC(=O)CC(=O)O)C[C@@H](O)C[C@@H](O)C[C@H](O)CCCC[C@@H]1C)C[C@@H](O)C2O. The first-order chi connectivity index (χ1) is 35.3. The third-order valence-corrected chi connectivity index (χ3v) is 16.0. The number of nitrogens with one attached hydrogen (secondary N) is 1. The average molecular weight is 1080 g/mol. The number of nitrogens with two attached hydrogens (primary N) is 1. The minimum atomic E-state index is -2.50. The lowest BCUT2D eigenvalue weighted by Gasteiger charge is -2.45. The van der Waals surface area contributed by atoms with Crippen molar-refractivity contribution in [1.82, 2.24) is 5.32 Å². The molecule has 440 valence electrons. The molecule has 0 aromatic carbocycles. The van der Waals surface area contributed by atoms with Gasteiger partial charge in [0, 0.05) is 45.2 Å². The Balaban J connectivity index is 2.27. The molecule has 0 aromatic rings. The van der Waals surface area contributed by atoms with Crippen molar-refractivity contribution in [3.63, 3.8) is 0 Å². The Morgan fingerprint density at radius 1 is 0.693 bits per heavy atom. The van der Waals surface area contributed by atoms with Gasteiger partial charge < -0.3 is 81.4 Å². The standard InChI is InChI=1S/C55H103N3O17/c1-33-19-16-20-37(5)53(71)74-51(35(3)17-12-10-8-9-11-15-24-58-54(56)57-7)36(4)18-13-14-21-39(59)25-40(60)26-41(61)27-42(73-50(69)31-49(67)68)28-43-29-47(65)52(70)55(72,75-43)32-48(66)34(2)22-23-44(62)38(6)46(64)30-45(33)63/h33-48,51-52,59-66,70,72H,8-32H2,1-7H3,(H,67,68)(H3,56,57,58)/t33-,34+,35?,36+,37?,38-,39-,40+,41+,42-,43+,44+,45-,46+,47-,48-,51+,52?,55?/m1/s1. The Morgan fingerprint density at radius 3 is 1.96 bits per heavy atom. The molecular weight excluding hydrogens is 975 g/mol. The van der Waals surface area contributed by atoms with E-state index in [-0.39, 0.29) is 81.2 Å². The maximum Gasteiger partial charge on any atom is 0.317 e. The number of hydrogen-bond acceptors (Lipinski definition) is 17. The number of carboxylic acids is 1. The van der Waals surface area contributed by atoms with Gasteiger partial charge >= 0.3 is 17.9 Å². The van der Waals surface area contributed by atoms with Crippen molar-refractivity contribution in [3.8, 4) is 0 Å². The van der Waals surface area contributed by atoms with Crippen molar-refractivity contribution in [2.75, 3.05) is 13.6 Å². The topological polar surface area (TPSA) is 352 Å². The van der Waals surface area contributed by atoms with Gasteiger partial charge in [-0.1, -0.05) is 92.9 Å². The van der Waals surface area contributed by atoms with Gasteiger partial charge in [-0.2, -0.15) is 0 Å². The van der Waals surface area contributed by atoms with Crippen LogP contribution in [0.3, 0.4) is 0 Å². The zero-order valence-corrected chi connectivity index (χ0v) is 46.5. The number of ether oxygens (including phenoxy) is 3. The number of aliphatic hydroxyl groups excluding tert-OH is 9. The van der Waals surface area contributed by atoms with Crippen LogP contribution in [-0.4, -0.2) is 173 Å². The average Bonchev–Trinajstić information content (AvgIpc) is 3.33. The molecule has 0 spiro atoms. The number of carbonyl (C=O) groups is 3. The van der Waals surface area contributed by atoms with Gasteiger partial charge in [0.05, 0.1) is 60.9 Å². The van der Waals surface area contributed by atoms with Gasteiger partial charge in [-0.3, -0.25) is 19.4 Å². The highest BCUT2D eigenvalue weighted by atomic mass is 16.7. The zero-order valence-electron chi connectivity index (χ0n) is 46.5. The lowest BCUT2D eigenvalue weighted by molar-refractivity contribution is -0.333. The lowest BCUT2D eigenvalue weighted by atomic mass is 9.83. The minimum absolute atomic E-state index is 0.0136. The molecule has 4 unspecified atom stereocenters. The summed E-state index contributed by atoms with van der Waals surface area (Å²) in [5.41, 5.74) is 5.71. The van der Waals surface area contributed by atoms with Gasteiger partial charge in [0.2, 0.25) is 0 Å². The van der Waals surface area contributed by atoms with E-state index in [1.807, 2.05) is 13.8 Å². The van der Waals surface area contributed by atoms with Crippen LogP contribution in [0.2, 0.25) is 0 Å². The first-order valence-corrected chi connectivity index (χ1v) is 28.4. The number of rotatable bonds is 13. The lowest BCUT2D eigenvalue weighted by Crippen LogP contribution is -2.60. The normalized spacial score (nSPS) is 37.5. The fraction of sp³-hybridized carbons (Fsp3) is 0.927. The van der Waals surface area contributed by atoms with Crippen LogP contribution in [0.4, 0.5) is 0 Å². The second kappa shape index (κ2) is 35.7. The van der Waals surface area contributed by atoms with Crippen molar-refractivity contribution in [2.24, 2.45) is 46.2 Å². The largest absolute Gasteiger partial charge is 0.481 e. The van der Waals surface area contributed by atoms with Gasteiger partial charge in [-0.25, -0.2) is 0 Å². The van der Waals surface area contributed by atoms with E-state index in [1.54, 1.807) is 20.9 Å². The molecule has 0 aromatic heterocycles. The molecule has 0 saturated carbocycles. The number of hydrogen-bond donors (Lipinski definition) is 13. The summed E-state index contributed by atoms with van der Waals surface area (Å²) in [6.07, 6.45) is -4.74. The van der Waals surface area contributed by atoms with Gasteiger partial charge in [-0.05, 0) is 94.3 Å². The molecular formula is C55H103N3O17. The molecule has 2 bridgehead atoms. The molecule has 0 radical (unpaired) electrons. The Bertz CT molecular complexity index is 1630.